The van der Waals surface area contributed by atoms with Crippen molar-refractivity contribution in [1.82, 2.24) is 9.80 Å². The van der Waals surface area contributed by atoms with Gasteiger partial charge < -0.3 is 10.6 Å². The van der Waals surface area contributed by atoms with E-state index in [1.54, 1.807) is 0 Å². The number of nitrogens with zero attached hydrogens (tertiary/aromatic N) is 2. The van der Waals surface area contributed by atoms with Crippen molar-refractivity contribution in [2.45, 2.75) is 31.1 Å². The maximum Gasteiger partial charge on any atom is 0.405 e. The minimum Gasteiger partial charge on any atom is -0.329 e. The molecular formula is C10H20F3N3. The highest BCUT2D eigenvalue weighted by Crippen LogP contribution is 2.27. The van der Waals surface area contributed by atoms with Crippen LogP contribution >= 0.6 is 0 Å². The zero-order chi connectivity index (χ0) is 12.3. The van der Waals surface area contributed by atoms with Crippen LogP contribution in [-0.4, -0.2) is 61.8 Å². The van der Waals surface area contributed by atoms with Crippen LogP contribution in [0.5, 0.6) is 0 Å². The monoisotopic (exact) mass is 239 g/mol. The van der Waals surface area contributed by atoms with E-state index in [9.17, 15) is 13.2 Å². The largest absolute Gasteiger partial charge is 0.405 e. The molecule has 3 nitrogen and oxygen atoms in total. The Morgan fingerprint density at radius 3 is 2.25 bits per heavy atom. The highest BCUT2D eigenvalue weighted by molar-refractivity contribution is 4.85. The van der Waals surface area contributed by atoms with Crippen molar-refractivity contribution in [1.29, 1.82) is 0 Å². The standard InChI is InChI=1S/C10H20F3N3/c1-15-5-3-8(4-6-15)16(2)9(7-14)10(11,12)13/h8-9H,3-7,14H2,1-2H3. The SMILES string of the molecule is CN1CCC(N(C)C(CN)C(F)(F)F)CC1. The molecule has 1 unspecified atom stereocenters. The van der Waals surface area contributed by atoms with Crippen LogP contribution in [0.2, 0.25) is 0 Å². The lowest BCUT2D eigenvalue weighted by atomic mass is 10.0. The molecule has 0 aromatic carbocycles. The fraction of sp³-hybridized carbons (Fsp3) is 1.00. The molecule has 0 amide bonds. The Labute approximate surface area is 94.4 Å². The van der Waals surface area contributed by atoms with Crippen molar-refractivity contribution in [3.8, 4) is 0 Å². The number of hydrogen-bond donors (Lipinski definition) is 1. The van der Waals surface area contributed by atoms with Gasteiger partial charge in [0.1, 0.15) is 6.04 Å². The number of alkyl halides is 3. The van der Waals surface area contributed by atoms with Crippen molar-refractivity contribution in [3.63, 3.8) is 0 Å². The van der Waals surface area contributed by atoms with E-state index >= 15 is 0 Å². The summed E-state index contributed by atoms with van der Waals surface area (Å²) in [5.74, 6) is 0. The predicted octanol–water partition coefficient (Wildman–Crippen LogP) is 0.902. The van der Waals surface area contributed by atoms with Crippen LogP contribution in [0, 0.1) is 0 Å². The van der Waals surface area contributed by atoms with Crippen molar-refractivity contribution >= 4 is 0 Å². The second-order valence-electron chi connectivity index (χ2n) is 4.49. The van der Waals surface area contributed by atoms with E-state index in [0.29, 0.717) is 0 Å². The van der Waals surface area contributed by atoms with Gasteiger partial charge in [-0.3, -0.25) is 4.90 Å². The summed E-state index contributed by atoms with van der Waals surface area (Å²) in [4.78, 5) is 3.53. The molecule has 1 atom stereocenters. The molecule has 1 aliphatic rings. The van der Waals surface area contributed by atoms with Gasteiger partial charge in [0.15, 0.2) is 0 Å². The first-order valence-corrected chi connectivity index (χ1v) is 5.53. The lowest BCUT2D eigenvalue weighted by Gasteiger charge is -2.39. The minimum atomic E-state index is -4.23. The van der Waals surface area contributed by atoms with Gasteiger partial charge in [0, 0.05) is 12.6 Å². The zero-order valence-electron chi connectivity index (χ0n) is 9.80. The normalized spacial score (nSPS) is 22.7. The molecule has 0 radical (unpaired) electrons. The number of nitrogens with two attached hydrogens (primary N) is 1. The molecule has 1 aliphatic heterocycles. The van der Waals surface area contributed by atoms with Crippen molar-refractivity contribution in [3.05, 3.63) is 0 Å². The second-order valence-corrected chi connectivity index (χ2v) is 4.49. The number of hydrogen-bond acceptors (Lipinski definition) is 3. The number of halogens is 3. The van der Waals surface area contributed by atoms with E-state index in [1.165, 1.54) is 11.9 Å². The second kappa shape index (κ2) is 5.33. The van der Waals surface area contributed by atoms with Crippen LogP contribution in [0.1, 0.15) is 12.8 Å². The molecule has 0 saturated carbocycles. The Morgan fingerprint density at radius 1 is 1.38 bits per heavy atom. The quantitative estimate of drug-likeness (QED) is 0.794. The van der Waals surface area contributed by atoms with E-state index in [-0.39, 0.29) is 12.6 Å². The lowest BCUT2D eigenvalue weighted by molar-refractivity contribution is -0.184. The molecule has 1 fully saturated rings. The van der Waals surface area contributed by atoms with Gasteiger partial charge in [0.25, 0.3) is 0 Å². The summed E-state index contributed by atoms with van der Waals surface area (Å²) in [6, 6.07) is -1.52. The van der Waals surface area contributed by atoms with Crippen molar-refractivity contribution in [2.75, 3.05) is 33.7 Å². The third-order valence-electron chi connectivity index (χ3n) is 3.36. The van der Waals surface area contributed by atoms with Crippen LogP contribution in [0.4, 0.5) is 13.2 Å². The van der Waals surface area contributed by atoms with Crippen molar-refractivity contribution in [2.24, 2.45) is 5.73 Å². The lowest BCUT2D eigenvalue weighted by Crippen LogP contribution is -2.54. The van der Waals surface area contributed by atoms with Crippen LogP contribution in [0.15, 0.2) is 0 Å². The molecule has 0 bridgehead atoms. The van der Waals surface area contributed by atoms with Gasteiger partial charge in [0.05, 0.1) is 0 Å². The summed E-state index contributed by atoms with van der Waals surface area (Å²) >= 11 is 0. The first-order chi connectivity index (χ1) is 7.36. The van der Waals surface area contributed by atoms with E-state index in [1.807, 2.05) is 7.05 Å². The summed E-state index contributed by atoms with van der Waals surface area (Å²) in [5.41, 5.74) is 5.22. The number of rotatable bonds is 3. The molecule has 0 spiro atoms. The summed E-state index contributed by atoms with van der Waals surface area (Å²) in [6.45, 7) is 1.33. The fourth-order valence-corrected chi connectivity index (χ4v) is 2.19. The Kier molecular flexibility index (Phi) is 4.58. The third kappa shape index (κ3) is 3.33. The molecule has 1 rings (SSSR count). The Hall–Kier alpha value is -0.330. The van der Waals surface area contributed by atoms with Crippen LogP contribution in [0.3, 0.4) is 0 Å². The van der Waals surface area contributed by atoms with E-state index < -0.39 is 12.2 Å². The summed E-state index contributed by atoms with van der Waals surface area (Å²) < 4.78 is 38.0. The molecule has 1 saturated heterocycles. The number of likely N-dealkylation sites (N-methyl/N-ethyl adjacent to an activating group) is 1. The van der Waals surface area contributed by atoms with E-state index in [2.05, 4.69) is 4.90 Å². The Morgan fingerprint density at radius 2 is 1.88 bits per heavy atom. The molecule has 2 N–H and O–H groups in total. The molecule has 96 valence electrons. The minimum absolute atomic E-state index is 0.00799. The number of likely N-dealkylation sites (tertiary alicyclic amines) is 1. The Balaban J connectivity index is 2.58. The average molecular weight is 239 g/mol. The van der Waals surface area contributed by atoms with E-state index in [4.69, 9.17) is 5.73 Å². The summed E-state index contributed by atoms with van der Waals surface area (Å²) in [7, 11) is 3.52. The predicted molar refractivity (Wildman–Crippen MR) is 57.2 cm³/mol. The summed E-state index contributed by atoms with van der Waals surface area (Å²) in [5, 5.41) is 0. The molecular weight excluding hydrogens is 219 g/mol. The molecule has 1 heterocycles. The first kappa shape index (κ1) is 13.7. The highest BCUT2D eigenvalue weighted by Gasteiger charge is 2.43. The van der Waals surface area contributed by atoms with Crippen LogP contribution < -0.4 is 5.73 Å². The molecule has 0 aliphatic carbocycles. The highest BCUT2D eigenvalue weighted by atomic mass is 19.4. The fourth-order valence-electron chi connectivity index (χ4n) is 2.19. The average Bonchev–Trinajstić information content (AvgIpc) is 2.17. The maximum absolute atomic E-state index is 12.7. The van der Waals surface area contributed by atoms with Gasteiger partial charge in [-0.15, -0.1) is 0 Å². The third-order valence-corrected chi connectivity index (χ3v) is 3.36. The van der Waals surface area contributed by atoms with Gasteiger partial charge in [0.2, 0.25) is 0 Å². The van der Waals surface area contributed by atoms with Gasteiger partial charge in [-0.1, -0.05) is 0 Å². The van der Waals surface area contributed by atoms with Gasteiger partial charge in [-0.05, 0) is 40.0 Å². The molecule has 0 aromatic rings. The first-order valence-electron chi connectivity index (χ1n) is 5.53. The van der Waals surface area contributed by atoms with Crippen LogP contribution in [0.25, 0.3) is 0 Å². The smallest absolute Gasteiger partial charge is 0.329 e. The van der Waals surface area contributed by atoms with Crippen LogP contribution in [-0.2, 0) is 0 Å². The number of piperidine rings is 1. The molecule has 6 heteroatoms. The Bertz CT molecular complexity index is 212. The summed E-state index contributed by atoms with van der Waals surface area (Å²) in [6.07, 6.45) is -2.67. The molecule has 16 heavy (non-hydrogen) atoms. The van der Waals surface area contributed by atoms with E-state index in [0.717, 1.165) is 25.9 Å². The molecule has 0 aromatic heterocycles. The van der Waals surface area contributed by atoms with Gasteiger partial charge >= 0.3 is 6.18 Å². The van der Waals surface area contributed by atoms with Crippen molar-refractivity contribution < 1.29 is 13.2 Å². The maximum atomic E-state index is 12.7. The topological polar surface area (TPSA) is 32.5 Å². The van der Waals surface area contributed by atoms with Gasteiger partial charge in [-0.25, -0.2) is 0 Å². The van der Waals surface area contributed by atoms with Gasteiger partial charge in [-0.2, -0.15) is 13.2 Å². The zero-order valence-corrected chi connectivity index (χ0v) is 9.80.